The summed E-state index contributed by atoms with van der Waals surface area (Å²) in [6, 6.07) is 4.24. The highest BCUT2D eigenvalue weighted by atomic mass is 19.4. The van der Waals surface area contributed by atoms with Gasteiger partial charge in [0.05, 0.1) is 13.5 Å². The zero-order valence-electron chi connectivity index (χ0n) is 9.30. The van der Waals surface area contributed by atoms with Crippen molar-refractivity contribution in [1.82, 2.24) is 0 Å². The van der Waals surface area contributed by atoms with Crippen LogP contribution in [0.15, 0.2) is 18.2 Å². The van der Waals surface area contributed by atoms with E-state index < -0.39 is 12.3 Å². The summed E-state index contributed by atoms with van der Waals surface area (Å²) in [4.78, 5) is 11.0. The van der Waals surface area contributed by atoms with Gasteiger partial charge in [0, 0.05) is 5.56 Å². The van der Waals surface area contributed by atoms with Crippen molar-refractivity contribution in [2.75, 3.05) is 7.11 Å². The quantitative estimate of drug-likeness (QED) is 0.771. The van der Waals surface area contributed by atoms with Gasteiger partial charge in [-0.3, -0.25) is 4.79 Å². The van der Waals surface area contributed by atoms with Crippen molar-refractivity contribution >= 4 is 5.97 Å². The molecule has 1 aromatic rings. The Kier molecular flexibility index (Phi) is 3.98. The molecule has 0 spiro atoms. The first kappa shape index (κ1) is 13.3. The fourth-order valence-corrected chi connectivity index (χ4v) is 1.26. The molecule has 17 heavy (non-hydrogen) atoms. The van der Waals surface area contributed by atoms with Crippen LogP contribution in [0, 0.1) is 6.92 Å². The molecule has 0 atom stereocenters. The van der Waals surface area contributed by atoms with Crippen molar-refractivity contribution < 1.29 is 27.4 Å². The van der Waals surface area contributed by atoms with Gasteiger partial charge in [-0.25, -0.2) is 0 Å². The summed E-state index contributed by atoms with van der Waals surface area (Å²) in [5, 5.41) is 0. The van der Waals surface area contributed by atoms with Crippen LogP contribution in [0.25, 0.3) is 0 Å². The normalized spacial score (nSPS) is 11.1. The molecule has 0 N–H and O–H groups in total. The Balaban J connectivity index is 2.99. The molecule has 0 aromatic heterocycles. The molecule has 3 nitrogen and oxygen atoms in total. The Labute approximate surface area is 96.1 Å². The number of ether oxygens (including phenoxy) is 2. The molecule has 94 valence electrons. The number of esters is 1. The van der Waals surface area contributed by atoms with E-state index in [2.05, 4.69) is 9.47 Å². The van der Waals surface area contributed by atoms with Crippen LogP contribution in [0.2, 0.25) is 0 Å². The number of hydrogen-bond acceptors (Lipinski definition) is 3. The average Bonchev–Trinajstić information content (AvgIpc) is 2.19. The molecular formula is C11H11F3O3. The number of aryl methyl sites for hydroxylation is 1. The molecule has 0 unspecified atom stereocenters. The van der Waals surface area contributed by atoms with Crippen molar-refractivity contribution in [3.8, 4) is 5.75 Å². The van der Waals surface area contributed by atoms with E-state index in [1.807, 2.05) is 0 Å². The summed E-state index contributed by atoms with van der Waals surface area (Å²) >= 11 is 0. The molecule has 0 radical (unpaired) electrons. The van der Waals surface area contributed by atoms with E-state index in [-0.39, 0.29) is 17.7 Å². The van der Waals surface area contributed by atoms with E-state index in [4.69, 9.17) is 0 Å². The fraction of sp³-hybridized carbons (Fsp3) is 0.364. The minimum absolute atomic E-state index is 0.139. The summed E-state index contributed by atoms with van der Waals surface area (Å²) in [6.45, 7) is 1.63. The smallest absolute Gasteiger partial charge is 0.469 e. The average molecular weight is 248 g/mol. The zero-order valence-corrected chi connectivity index (χ0v) is 9.30. The first-order valence-electron chi connectivity index (χ1n) is 4.74. The molecule has 0 saturated carbocycles. The highest BCUT2D eigenvalue weighted by Gasteiger charge is 2.32. The van der Waals surface area contributed by atoms with Gasteiger partial charge in [0.1, 0.15) is 5.75 Å². The van der Waals surface area contributed by atoms with Crippen LogP contribution in [0.3, 0.4) is 0 Å². The Bertz CT molecular complexity index is 413. The van der Waals surface area contributed by atoms with Crippen LogP contribution >= 0.6 is 0 Å². The summed E-state index contributed by atoms with van der Waals surface area (Å²) < 4.78 is 44.6. The van der Waals surface area contributed by atoms with Crippen molar-refractivity contribution in [2.45, 2.75) is 19.7 Å². The minimum Gasteiger partial charge on any atom is -0.469 e. The third-order valence-electron chi connectivity index (χ3n) is 2.01. The number of carbonyl (C=O) groups is 1. The van der Waals surface area contributed by atoms with Crippen LogP contribution in [0.4, 0.5) is 13.2 Å². The lowest BCUT2D eigenvalue weighted by atomic mass is 10.1. The van der Waals surface area contributed by atoms with Gasteiger partial charge in [0.2, 0.25) is 0 Å². The van der Waals surface area contributed by atoms with E-state index in [0.717, 1.165) is 0 Å². The molecule has 0 aliphatic carbocycles. The number of rotatable bonds is 3. The summed E-state index contributed by atoms with van der Waals surface area (Å²) in [7, 11) is 1.17. The monoisotopic (exact) mass is 248 g/mol. The molecule has 0 aliphatic heterocycles. The maximum Gasteiger partial charge on any atom is 0.573 e. The number of benzene rings is 1. The lowest BCUT2D eigenvalue weighted by Crippen LogP contribution is -2.19. The first-order chi connectivity index (χ1) is 7.81. The van der Waals surface area contributed by atoms with E-state index in [9.17, 15) is 18.0 Å². The predicted octanol–water partition coefficient (Wildman–Crippen LogP) is 2.61. The Morgan fingerprint density at radius 2 is 2.00 bits per heavy atom. The van der Waals surface area contributed by atoms with E-state index in [0.29, 0.717) is 5.56 Å². The lowest BCUT2D eigenvalue weighted by Gasteiger charge is -2.13. The number of halogens is 3. The fourth-order valence-electron chi connectivity index (χ4n) is 1.26. The molecular weight excluding hydrogens is 237 g/mol. The number of hydrogen-bond donors (Lipinski definition) is 0. The second kappa shape index (κ2) is 5.07. The van der Waals surface area contributed by atoms with Crippen molar-refractivity contribution in [3.05, 3.63) is 29.3 Å². The maximum absolute atomic E-state index is 12.1. The van der Waals surface area contributed by atoms with Gasteiger partial charge in [-0.2, -0.15) is 0 Å². The third kappa shape index (κ3) is 4.34. The Morgan fingerprint density at radius 3 is 2.53 bits per heavy atom. The molecule has 0 heterocycles. The number of methoxy groups -OCH3 is 1. The Hall–Kier alpha value is -1.72. The van der Waals surface area contributed by atoms with Crippen molar-refractivity contribution in [3.63, 3.8) is 0 Å². The highest BCUT2D eigenvalue weighted by Crippen LogP contribution is 2.27. The topological polar surface area (TPSA) is 35.5 Å². The van der Waals surface area contributed by atoms with Crippen LogP contribution in [-0.2, 0) is 16.0 Å². The van der Waals surface area contributed by atoms with Crippen LogP contribution in [0.5, 0.6) is 5.75 Å². The van der Waals surface area contributed by atoms with Gasteiger partial charge in [-0.1, -0.05) is 12.1 Å². The Morgan fingerprint density at radius 1 is 1.35 bits per heavy atom. The van der Waals surface area contributed by atoms with E-state index in [1.54, 1.807) is 13.0 Å². The van der Waals surface area contributed by atoms with Crippen LogP contribution < -0.4 is 4.74 Å². The molecule has 1 rings (SSSR count). The van der Waals surface area contributed by atoms with Gasteiger partial charge in [0.15, 0.2) is 0 Å². The van der Waals surface area contributed by atoms with Crippen LogP contribution in [-0.4, -0.2) is 19.4 Å². The van der Waals surface area contributed by atoms with Gasteiger partial charge in [-0.05, 0) is 18.6 Å². The van der Waals surface area contributed by atoms with Gasteiger partial charge >= 0.3 is 12.3 Å². The first-order valence-corrected chi connectivity index (χ1v) is 4.74. The SMILES string of the molecule is COC(=O)Cc1ccc(C)cc1OC(F)(F)F. The highest BCUT2D eigenvalue weighted by molar-refractivity contribution is 5.73. The maximum atomic E-state index is 12.1. The van der Waals surface area contributed by atoms with E-state index in [1.165, 1.54) is 19.2 Å². The lowest BCUT2D eigenvalue weighted by molar-refractivity contribution is -0.274. The van der Waals surface area contributed by atoms with Gasteiger partial charge < -0.3 is 9.47 Å². The molecule has 1 aromatic carbocycles. The summed E-state index contributed by atoms with van der Waals surface area (Å²) in [5.41, 5.74) is 0.748. The second-order valence-electron chi connectivity index (χ2n) is 3.41. The minimum atomic E-state index is -4.78. The van der Waals surface area contributed by atoms with Gasteiger partial charge in [0.25, 0.3) is 0 Å². The van der Waals surface area contributed by atoms with Crippen molar-refractivity contribution in [1.29, 1.82) is 0 Å². The van der Waals surface area contributed by atoms with Gasteiger partial charge in [-0.15, -0.1) is 13.2 Å². The number of carbonyl (C=O) groups excluding carboxylic acids is 1. The van der Waals surface area contributed by atoms with Crippen molar-refractivity contribution in [2.24, 2.45) is 0 Å². The van der Waals surface area contributed by atoms with Crippen LogP contribution in [0.1, 0.15) is 11.1 Å². The molecule has 0 bridgehead atoms. The third-order valence-corrected chi connectivity index (χ3v) is 2.01. The zero-order chi connectivity index (χ0) is 13.1. The standard InChI is InChI=1S/C11H11F3O3/c1-7-3-4-8(6-10(15)16-2)9(5-7)17-11(12,13)14/h3-5H,6H2,1-2H3. The molecule has 0 fully saturated rings. The van der Waals surface area contributed by atoms with E-state index >= 15 is 0 Å². The summed E-state index contributed by atoms with van der Waals surface area (Å²) in [5.74, 6) is -0.997. The number of alkyl halides is 3. The second-order valence-corrected chi connectivity index (χ2v) is 3.41. The molecule has 0 saturated heterocycles. The molecule has 6 heteroatoms. The molecule has 0 aliphatic rings. The largest absolute Gasteiger partial charge is 0.573 e. The predicted molar refractivity (Wildman–Crippen MR) is 53.6 cm³/mol. The molecule has 0 amide bonds. The summed E-state index contributed by atoms with van der Waals surface area (Å²) in [6.07, 6.45) is -5.04.